The van der Waals surface area contributed by atoms with Crippen LogP contribution in [0.2, 0.25) is 5.15 Å². The standard InChI is InChI=1S/C21H25ClN2O5S/c1-20(2,3)21(30)10-12-8-16(29-7-5-6-28-4)18(22)23-17(12)14-9-15(25)13(19(26)27)11-24(14)21/h8-9,11,30H,5-7,10H2,1-4H3,(H,26,27)/t21-/m0/s1. The van der Waals surface area contributed by atoms with Crippen LogP contribution in [0, 0.1) is 5.41 Å². The van der Waals surface area contributed by atoms with Gasteiger partial charge >= 0.3 is 5.97 Å². The Hall–Kier alpha value is -2.03. The molecule has 0 aliphatic carbocycles. The van der Waals surface area contributed by atoms with Crippen molar-refractivity contribution in [2.75, 3.05) is 20.3 Å². The summed E-state index contributed by atoms with van der Waals surface area (Å²) in [5.41, 5.74) is 0.537. The fourth-order valence-electron chi connectivity index (χ4n) is 3.51. The molecule has 0 saturated heterocycles. The van der Waals surface area contributed by atoms with Gasteiger partial charge in [-0.2, -0.15) is 12.6 Å². The number of aromatic nitrogens is 2. The summed E-state index contributed by atoms with van der Waals surface area (Å²) in [5, 5.41) is 9.61. The molecule has 7 nitrogen and oxygen atoms in total. The number of aromatic carboxylic acids is 1. The van der Waals surface area contributed by atoms with Crippen LogP contribution in [0.25, 0.3) is 11.4 Å². The summed E-state index contributed by atoms with van der Waals surface area (Å²) in [6.45, 7) is 7.04. The Morgan fingerprint density at radius 2 is 2.07 bits per heavy atom. The highest BCUT2D eigenvalue weighted by Gasteiger charge is 2.45. The predicted molar refractivity (Wildman–Crippen MR) is 118 cm³/mol. The van der Waals surface area contributed by atoms with Crippen molar-refractivity contribution in [2.45, 2.75) is 38.5 Å². The van der Waals surface area contributed by atoms with Gasteiger partial charge in [0, 0.05) is 38.8 Å². The quantitative estimate of drug-likeness (QED) is 0.393. The molecule has 0 bridgehead atoms. The van der Waals surface area contributed by atoms with E-state index in [9.17, 15) is 14.7 Å². The van der Waals surface area contributed by atoms with Crippen molar-refractivity contribution in [3.8, 4) is 17.1 Å². The third-order valence-corrected chi connectivity index (χ3v) is 6.65. The minimum Gasteiger partial charge on any atom is -0.490 e. The van der Waals surface area contributed by atoms with E-state index in [0.29, 0.717) is 43.2 Å². The number of hydrogen-bond donors (Lipinski definition) is 2. The minimum absolute atomic E-state index is 0.176. The smallest absolute Gasteiger partial charge is 0.341 e. The monoisotopic (exact) mass is 452 g/mol. The average molecular weight is 453 g/mol. The van der Waals surface area contributed by atoms with Crippen molar-refractivity contribution in [3.05, 3.63) is 44.8 Å². The number of carboxylic acids is 1. The zero-order valence-corrected chi connectivity index (χ0v) is 19.0. The van der Waals surface area contributed by atoms with E-state index in [1.54, 1.807) is 11.7 Å². The molecule has 2 aromatic heterocycles. The molecule has 0 spiro atoms. The molecule has 0 saturated carbocycles. The van der Waals surface area contributed by atoms with Crippen LogP contribution in [0.1, 0.15) is 43.1 Å². The van der Waals surface area contributed by atoms with E-state index in [0.717, 1.165) is 5.56 Å². The van der Waals surface area contributed by atoms with E-state index in [-0.39, 0.29) is 16.1 Å². The zero-order valence-electron chi connectivity index (χ0n) is 17.4. The van der Waals surface area contributed by atoms with Crippen LogP contribution in [0.3, 0.4) is 0 Å². The van der Waals surface area contributed by atoms with Crippen molar-refractivity contribution in [1.29, 1.82) is 0 Å². The number of thiol groups is 1. The van der Waals surface area contributed by atoms with Crippen LogP contribution >= 0.6 is 24.2 Å². The lowest BCUT2D eigenvalue weighted by atomic mass is 9.79. The summed E-state index contributed by atoms with van der Waals surface area (Å²) in [4.78, 5) is 27.7. The number of carbonyl (C=O) groups is 1. The Balaban J connectivity index is 2.18. The molecule has 1 N–H and O–H groups in total. The molecule has 1 aliphatic heterocycles. The summed E-state index contributed by atoms with van der Waals surface area (Å²) in [6, 6.07) is 3.12. The Kier molecular flexibility index (Phi) is 6.23. The molecule has 0 radical (unpaired) electrons. The average Bonchev–Trinajstić information content (AvgIpc) is 2.65. The summed E-state index contributed by atoms with van der Waals surface area (Å²) in [7, 11) is 1.63. The summed E-state index contributed by atoms with van der Waals surface area (Å²) >= 11 is 11.3. The molecule has 0 fully saturated rings. The van der Waals surface area contributed by atoms with Crippen molar-refractivity contribution in [3.63, 3.8) is 0 Å². The number of fused-ring (bicyclic) bond motifs is 3. The van der Waals surface area contributed by atoms with Crippen LogP contribution in [-0.2, 0) is 16.0 Å². The van der Waals surface area contributed by atoms with Gasteiger partial charge in [-0.25, -0.2) is 9.78 Å². The van der Waals surface area contributed by atoms with Gasteiger partial charge in [0.15, 0.2) is 16.3 Å². The minimum atomic E-state index is -1.28. The van der Waals surface area contributed by atoms with Gasteiger partial charge in [-0.05, 0) is 17.0 Å². The first kappa shape index (κ1) is 22.7. The third-order valence-electron chi connectivity index (χ3n) is 5.33. The van der Waals surface area contributed by atoms with Crippen LogP contribution in [0.5, 0.6) is 5.75 Å². The predicted octanol–water partition coefficient (Wildman–Crippen LogP) is 3.86. The van der Waals surface area contributed by atoms with Gasteiger partial charge in [0.05, 0.1) is 22.9 Å². The second-order valence-corrected chi connectivity index (χ2v) is 9.43. The Morgan fingerprint density at radius 3 is 2.67 bits per heavy atom. The Bertz CT molecular complexity index is 1050. The maximum Gasteiger partial charge on any atom is 0.341 e. The first-order valence-corrected chi connectivity index (χ1v) is 10.4. The molecule has 1 aliphatic rings. The van der Waals surface area contributed by atoms with Crippen LogP contribution in [-0.4, -0.2) is 41.0 Å². The van der Waals surface area contributed by atoms with Gasteiger partial charge in [0.2, 0.25) is 0 Å². The van der Waals surface area contributed by atoms with Crippen molar-refractivity contribution >= 4 is 30.2 Å². The van der Waals surface area contributed by atoms with Crippen LogP contribution < -0.4 is 10.2 Å². The van der Waals surface area contributed by atoms with Gasteiger partial charge in [0.1, 0.15) is 5.56 Å². The highest BCUT2D eigenvalue weighted by Crippen LogP contribution is 2.50. The molecule has 162 valence electrons. The fraction of sp³-hybridized carbons (Fsp3) is 0.476. The number of halogens is 1. The van der Waals surface area contributed by atoms with Gasteiger partial charge in [-0.3, -0.25) is 4.79 Å². The molecule has 2 aromatic rings. The zero-order chi connectivity index (χ0) is 22.3. The molecule has 0 amide bonds. The molecule has 0 unspecified atom stereocenters. The van der Waals surface area contributed by atoms with E-state index < -0.39 is 16.3 Å². The molecule has 3 heterocycles. The second kappa shape index (κ2) is 8.24. The normalized spacial score (nSPS) is 17.9. The van der Waals surface area contributed by atoms with E-state index in [1.165, 1.54) is 12.3 Å². The first-order valence-electron chi connectivity index (χ1n) is 9.54. The summed E-state index contributed by atoms with van der Waals surface area (Å²) in [6.07, 6.45) is 2.51. The maximum absolute atomic E-state index is 12.4. The lowest BCUT2D eigenvalue weighted by molar-refractivity contribution is 0.0693. The van der Waals surface area contributed by atoms with Gasteiger partial charge in [-0.1, -0.05) is 32.4 Å². The first-order chi connectivity index (χ1) is 14.0. The topological polar surface area (TPSA) is 90.7 Å². The van der Waals surface area contributed by atoms with E-state index in [1.807, 2.05) is 26.8 Å². The maximum atomic E-state index is 12.4. The van der Waals surface area contributed by atoms with Crippen molar-refractivity contribution in [1.82, 2.24) is 9.55 Å². The van der Waals surface area contributed by atoms with Crippen molar-refractivity contribution < 1.29 is 19.4 Å². The highest BCUT2D eigenvalue weighted by molar-refractivity contribution is 7.81. The largest absolute Gasteiger partial charge is 0.490 e. The van der Waals surface area contributed by atoms with E-state index >= 15 is 0 Å². The molecular weight excluding hydrogens is 428 g/mol. The SMILES string of the molecule is COCCCOc1cc2c(nc1Cl)-c1cc(=O)c(C(=O)O)cn1[C@@](S)(C(C)(C)C)C2. The Morgan fingerprint density at radius 1 is 1.37 bits per heavy atom. The number of pyridine rings is 2. The molecule has 1 atom stereocenters. The van der Waals surface area contributed by atoms with Crippen molar-refractivity contribution in [2.24, 2.45) is 5.41 Å². The molecule has 3 rings (SSSR count). The summed E-state index contributed by atoms with van der Waals surface area (Å²) in [5.74, 6) is -0.828. The van der Waals surface area contributed by atoms with Gasteiger partial charge in [0.25, 0.3) is 0 Å². The lowest BCUT2D eigenvalue weighted by Crippen LogP contribution is -2.46. The molecular formula is C21H25ClN2O5S. The highest BCUT2D eigenvalue weighted by atomic mass is 35.5. The van der Waals surface area contributed by atoms with E-state index in [2.05, 4.69) is 4.98 Å². The summed E-state index contributed by atoms with van der Waals surface area (Å²) < 4.78 is 12.5. The van der Waals surface area contributed by atoms with Gasteiger partial charge < -0.3 is 19.1 Å². The number of ether oxygens (including phenoxy) is 2. The lowest BCUT2D eigenvalue weighted by Gasteiger charge is -2.47. The van der Waals surface area contributed by atoms with Gasteiger partial charge in [-0.15, -0.1) is 0 Å². The molecule has 0 aromatic carbocycles. The number of hydrogen-bond acceptors (Lipinski definition) is 6. The van der Waals surface area contributed by atoms with E-state index in [4.69, 9.17) is 33.7 Å². The molecule has 9 heteroatoms. The number of nitrogens with zero attached hydrogens (tertiary/aromatic N) is 2. The Labute approximate surface area is 185 Å². The number of rotatable bonds is 6. The molecule has 30 heavy (non-hydrogen) atoms. The second-order valence-electron chi connectivity index (χ2n) is 8.34. The van der Waals surface area contributed by atoms with Crippen LogP contribution in [0.15, 0.2) is 23.1 Å². The van der Waals surface area contributed by atoms with Crippen LogP contribution in [0.4, 0.5) is 0 Å². The third kappa shape index (κ3) is 3.96. The fourth-order valence-corrected chi connectivity index (χ4v) is 4.04. The number of carboxylic acid groups (broad SMARTS) is 1. The number of methoxy groups -OCH3 is 1.